The van der Waals surface area contributed by atoms with Crippen molar-refractivity contribution in [3.8, 4) is 0 Å². The van der Waals surface area contributed by atoms with Crippen LogP contribution in [0.15, 0.2) is 0 Å². The summed E-state index contributed by atoms with van der Waals surface area (Å²) in [4.78, 5) is 12.2. The first kappa shape index (κ1) is 15.0. The van der Waals surface area contributed by atoms with Gasteiger partial charge in [0.2, 0.25) is 15.9 Å². The van der Waals surface area contributed by atoms with E-state index in [9.17, 15) is 13.2 Å². The van der Waals surface area contributed by atoms with Crippen molar-refractivity contribution in [1.82, 2.24) is 14.5 Å². The first-order valence-electron chi connectivity index (χ1n) is 6.56. The summed E-state index contributed by atoms with van der Waals surface area (Å²) in [6, 6.07) is 0. The number of piperidine rings is 1. The van der Waals surface area contributed by atoms with E-state index in [2.05, 4.69) is 15.5 Å². The quantitative estimate of drug-likeness (QED) is 0.856. The normalized spacial score (nSPS) is 18.1. The second-order valence-electron chi connectivity index (χ2n) is 5.25. The van der Waals surface area contributed by atoms with Gasteiger partial charge in [-0.05, 0) is 26.7 Å². The Morgan fingerprint density at radius 1 is 1.35 bits per heavy atom. The highest BCUT2D eigenvalue weighted by Crippen LogP contribution is 2.22. The third-order valence-corrected chi connectivity index (χ3v) is 5.09. The maximum Gasteiger partial charge on any atom is 0.228 e. The van der Waals surface area contributed by atoms with Gasteiger partial charge < -0.3 is 5.32 Å². The van der Waals surface area contributed by atoms with Gasteiger partial charge >= 0.3 is 0 Å². The van der Waals surface area contributed by atoms with Crippen molar-refractivity contribution in [3.63, 3.8) is 0 Å². The SMILES string of the molecule is Cc1[nH]nc(NC(=O)C2CCN(S(C)(=O)=O)CC2)c1C. The van der Waals surface area contributed by atoms with Crippen molar-refractivity contribution >= 4 is 21.7 Å². The average Bonchev–Trinajstić information content (AvgIpc) is 2.70. The maximum absolute atomic E-state index is 12.2. The molecule has 1 saturated heterocycles. The Morgan fingerprint density at radius 3 is 2.40 bits per heavy atom. The molecule has 1 aliphatic rings. The standard InChI is InChI=1S/C12H20N4O3S/c1-8-9(2)14-15-11(8)13-12(17)10-4-6-16(7-5-10)20(3,18)19/h10H,4-7H2,1-3H3,(H2,13,14,15,17). The Morgan fingerprint density at radius 2 is 1.95 bits per heavy atom. The molecule has 7 nitrogen and oxygen atoms in total. The number of hydrogen-bond acceptors (Lipinski definition) is 4. The number of nitrogens with zero attached hydrogens (tertiary/aromatic N) is 2. The van der Waals surface area contributed by atoms with Crippen molar-refractivity contribution in [3.05, 3.63) is 11.3 Å². The van der Waals surface area contributed by atoms with Gasteiger partial charge in [-0.3, -0.25) is 9.89 Å². The molecule has 2 N–H and O–H groups in total. The summed E-state index contributed by atoms with van der Waals surface area (Å²) in [6.07, 6.45) is 2.28. The van der Waals surface area contributed by atoms with Crippen LogP contribution in [-0.4, -0.2) is 48.2 Å². The van der Waals surface area contributed by atoms with E-state index in [4.69, 9.17) is 0 Å². The van der Waals surface area contributed by atoms with E-state index in [1.807, 2.05) is 13.8 Å². The fourth-order valence-electron chi connectivity index (χ4n) is 2.28. The van der Waals surface area contributed by atoms with Gasteiger partial charge in [-0.2, -0.15) is 5.10 Å². The predicted octanol–water partition coefficient (Wildman–Crippen LogP) is 0.637. The molecule has 1 aliphatic heterocycles. The Bertz CT molecular complexity index is 600. The van der Waals surface area contributed by atoms with Crippen LogP contribution in [0.5, 0.6) is 0 Å². The highest BCUT2D eigenvalue weighted by Gasteiger charge is 2.29. The molecule has 112 valence electrons. The molecule has 0 aromatic carbocycles. The van der Waals surface area contributed by atoms with Gasteiger partial charge in [0, 0.05) is 30.3 Å². The van der Waals surface area contributed by atoms with E-state index in [0.717, 1.165) is 11.3 Å². The van der Waals surface area contributed by atoms with E-state index in [0.29, 0.717) is 31.7 Å². The number of aryl methyl sites for hydroxylation is 1. The van der Waals surface area contributed by atoms with Gasteiger partial charge in [-0.15, -0.1) is 0 Å². The number of carbonyl (C=O) groups is 1. The van der Waals surface area contributed by atoms with E-state index in [-0.39, 0.29) is 11.8 Å². The van der Waals surface area contributed by atoms with Crippen LogP contribution in [0.3, 0.4) is 0 Å². The van der Waals surface area contributed by atoms with Crippen LogP contribution in [-0.2, 0) is 14.8 Å². The second kappa shape index (κ2) is 5.53. The van der Waals surface area contributed by atoms with E-state index < -0.39 is 10.0 Å². The number of aromatic nitrogens is 2. The molecule has 0 radical (unpaired) electrons. The number of anilines is 1. The van der Waals surface area contributed by atoms with Crippen molar-refractivity contribution in [2.45, 2.75) is 26.7 Å². The molecule has 0 bridgehead atoms. The summed E-state index contributed by atoms with van der Waals surface area (Å²) in [7, 11) is -3.15. The third kappa shape index (κ3) is 3.18. The molecule has 0 atom stereocenters. The molecule has 2 rings (SSSR count). The van der Waals surface area contributed by atoms with Gasteiger partial charge in [-0.1, -0.05) is 0 Å². The summed E-state index contributed by atoms with van der Waals surface area (Å²) in [5.74, 6) is 0.301. The summed E-state index contributed by atoms with van der Waals surface area (Å²) in [6.45, 7) is 4.58. The van der Waals surface area contributed by atoms with Crippen LogP contribution in [0.1, 0.15) is 24.1 Å². The summed E-state index contributed by atoms with van der Waals surface area (Å²) < 4.78 is 24.2. The van der Waals surface area contributed by atoms with Gasteiger partial charge in [0.25, 0.3) is 0 Å². The summed E-state index contributed by atoms with van der Waals surface area (Å²) in [5.41, 5.74) is 1.85. The lowest BCUT2D eigenvalue weighted by Gasteiger charge is -2.29. The number of hydrogen-bond donors (Lipinski definition) is 2. The zero-order valence-corrected chi connectivity index (χ0v) is 12.7. The number of H-pyrrole nitrogens is 1. The molecule has 20 heavy (non-hydrogen) atoms. The lowest BCUT2D eigenvalue weighted by molar-refractivity contribution is -0.120. The van der Waals surface area contributed by atoms with Crippen molar-refractivity contribution in [1.29, 1.82) is 0 Å². The molecule has 0 spiro atoms. The lowest BCUT2D eigenvalue weighted by atomic mass is 9.97. The van der Waals surface area contributed by atoms with Crippen LogP contribution in [0.2, 0.25) is 0 Å². The molecule has 2 heterocycles. The molecule has 1 fully saturated rings. The van der Waals surface area contributed by atoms with Crippen LogP contribution >= 0.6 is 0 Å². The third-order valence-electron chi connectivity index (χ3n) is 3.79. The van der Waals surface area contributed by atoms with Crippen molar-refractivity contribution < 1.29 is 13.2 Å². The zero-order chi connectivity index (χ0) is 14.9. The molecule has 8 heteroatoms. The highest BCUT2D eigenvalue weighted by molar-refractivity contribution is 7.88. The highest BCUT2D eigenvalue weighted by atomic mass is 32.2. The lowest BCUT2D eigenvalue weighted by Crippen LogP contribution is -2.40. The van der Waals surface area contributed by atoms with Crippen LogP contribution < -0.4 is 5.32 Å². The smallest absolute Gasteiger partial charge is 0.228 e. The molecule has 1 amide bonds. The van der Waals surface area contributed by atoms with Crippen molar-refractivity contribution in [2.24, 2.45) is 5.92 Å². The molecule has 1 aromatic heterocycles. The predicted molar refractivity (Wildman–Crippen MR) is 75.8 cm³/mol. The minimum Gasteiger partial charge on any atom is -0.309 e. The number of sulfonamides is 1. The van der Waals surface area contributed by atoms with Gasteiger partial charge in [0.15, 0.2) is 5.82 Å². The monoisotopic (exact) mass is 300 g/mol. The largest absolute Gasteiger partial charge is 0.309 e. The van der Waals surface area contributed by atoms with Crippen molar-refractivity contribution in [2.75, 3.05) is 24.7 Å². The minimum absolute atomic E-state index is 0.0900. The second-order valence-corrected chi connectivity index (χ2v) is 7.23. The Balaban J connectivity index is 1.94. The fourth-order valence-corrected chi connectivity index (χ4v) is 3.15. The number of aromatic amines is 1. The maximum atomic E-state index is 12.2. The first-order chi connectivity index (χ1) is 9.29. The molecule has 0 saturated carbocycles. The molecule has 1 aromatic rings. The first-order valence-corrected chi connectivity index (χ1v) is 8.41. The fraction of sp³-hybridized carbons (Fsp3) is 0.667. The molecular weight excluding hydrogens is 280 g/mol. The summed E-state index contributed by atoms with van der Waals surface area (Å²) >= 11 is 0. The van der Waals surface area contributed by atoms with Gasteiger partial charge in [0.05, 0.1) is 6.26 Å². The van der Waals surface area contributed by atoms with E-state index in [1.165, 1.54) is 10.6 Å². The number of amides is 1. The van der Waals surface area contributed by atoms with Crippen LogP contribution in [0.4, 0.5) is 5.82 Å². The number of rotatable bonds is 3. The van der Waals surface area contributed by atoms with Crippen LogP contribution in [0, 0.1) is 19.8 Å². The molecule has 0 aliphatic carbocycles. The zero-order valence-electron chi connectivity index (χ0n) is 11.9. The Hall–Kier alpha value is -1.41. The Labute approximate surface area is 118 Å². The topological polar surface area (TPSA) is 95.2 Å². The van der Waals surface area contributed by atoms with E-state index in [1.54, 1.807) is 0 Å². The van der Waals surface area contributed by atoms with Crippen LogP contribution in [0.25, 0.3) is 0 Å². The Kier molecular flexibility index (Phi) is 4.14. The minimum atomic E-state index is -3.15. The van der Waals surface area contributed by atoms with E-state index >= 15 is 0 Å². The number of carbonyl (C=O) groups excluding carboxylic acids is 1. The average molecular weight is 300 g/mol. The van der Waals surface area contributed by atoms with Gasteiger partial charge in [0.1, 0.15) is 0 Å². The number of nitrogens with one attached hydrogen (secondary N) is 2. The molecular formula is C12H20N4O3S. The summed E-state index contributed by atoms with van der Waals surface area (Å²) in [5, 5.41) is 9.67. The molecule has 0 unspecified atom stereocenters. The van der Waals surface area contributed by atoms with Gasteiger partial charge in [-0.25, -0.2) is 12.7 Å².